The van der Waals surface area contributed by atoms with Crippen LogP contribution in [0.4, 0.5) is 4.79 Å². The van der Waals surface area contributed by atoms with Crippen LogP contribution in [0.25, 0.3) is 0 Å². The molecule has 3 atom stereocenters. The predicted molar refractivity (Wildman–Crippen MR) is 90.9 cm³/mol. The van der Waals surface area contributed by atoms with Crippen molar-refractivity contribution < 1.29 is 14.1 Å². The zero-order valence-electron chi connectivity index (χ0n) is 15.3. The number of nitrogens with one attached hydrogen (secondary N) is 1. The van der Waals surface area contributed by atoms with Crippen LogP contribution in [-0.4, -0.2) is 45.9 Å². The molecule has 2 aliphatic carbocycles. The lowest BCUT2D eigenvalue weighted by Crippen LogP contribution is -2.42. The van der Waals surface area contributed by atoms with Crippen LogP contribution in [0.2, 0.25) is 0 Å². The first-order valence-corrected chi connectivity index (χ1v) is 9.42. The molecule has 3 aliphatic rings. The number of ether oxygens (including phenoxy) is 1. The highest BCUT2D eigenvalue weighted by Crippen LogP contribution is 2.40. The van der Waals surface area contributed by atoms with Gasteiger partial charge in [-0.1, -0.05) is 5.16 Å². The van der Waals surface area contributed by atoms with Crippen LogP contribution in [0.1, 0.15) is 64.1 Å². The minimum Gasteiger partial charge on any atom is -0.444 e. The van der Waals surface area contributed by atoms with Gasteiger partial charge in [0.1, 0.15) is 5.60 Å². The number of fused-ring (bicyclic) bond motifs is 1. The molecule has 7 heteroatoms. The third-order valence-corrected chi connectivity index (χ3v) is 5.41. The van der Waals surface area contributed by atoms with Crippen molar-refractivity contribution in [1.82, 2.24) is 20.4 Å². The van der Waals surface area contributed by atoms with E-state index in [-0.39, 0.29) is 12.1 Å². The van der Waals surface area contributed by atoms with Gasteiger partial charge in [-0.05, 0) is 58.3 Å². The van der Waals surface area contributed by atoms with Gasteiger partial charge in [0.25, 0.3) is 0 Å². The number of rotatable bonds is 4. The monoisotopic (exact) mass is 348 g/mol. The van der Waals surface area contributed by atoms with Crippen LogP contribution in [0, 0.1) is 11.8 Å². The molecule has 138 valence electrons. The van der Waals surface area contributed by atoms with E-state index in [0.717, 1.165) is 44.2 Å². The number of likely N-dealkylation sites (tertiary alicyclic amines) is 1. The maximum atomic E-state index is 12.1. The summed E-state index contributed by atoms with van der Waals surface area (Å²) in [5, 5.41) is 7.21. The molecule has 0 unspecified atom stereocenters. The molecule has 0 radical (unpaired) electrons. The summed E-state index contributed by atoms with van der Waals surface area (Å²) in [6.45, 7) is 8.43. The first-order valence-electron chi connectivity index (χ1n) is 9.42. The number of amides is 1. The molecule has 1 saturated heterocycles. The number of carbonyl (C=O) groups is 1. The maximum absolute atomic E-state index is 12.1. The predicted octanol–water partition coefficient (Wildman–Crippen LogP) is 2.68. The minimum absolute atomic E-state index is 0.206. The number of carbonyl (C=O) groups excluding carboxylic acids is 1. The van der Waals surface area contributed by atoms with Gasteiger partial charge in [0.05, 0.1) is 6.54 Å². The molecule has 7 nitrogen and oxygen atoms in total. The lowest BCUT2D eigenvalue weighted by molar-refractivity contribution is 0.0491. The smallest absolute Gasteiger partial charge is 0.407 e. The number of nitrogens with zero attached hydrogens (tertiary/aromatic N) is 3. The van der Waals surface area contributed by atoms with Gasteiger partial charge >= 0.3 is 6.09 Å². The third-order valence-electron chi connectivity index (χ3n) is 5.41. The topological polar surface area (TPSA) is 80.5 Å². The van der Waals surface area contributed by atoms with Gasteiger partial charge in [0, 0.05) is 25.0 Å². The molecule has 4 rings (SSSR count). The van der Waals surface area contributed by atoms with Gasteiger partial charge in [-0.3, -0.25) is 4.90 Å². The Balaban J connectivity index is 1.30. The average molecular weight is 348 g/mol. The Hall–Kier alpha value is -1.63. The normalized spacial score (nSPS) is 29.6. The van der Waals surface area contributed by atoms with E-state index in [0.29, 0.717) is 17.8 Å². The van der Waals surface area contributed by atoms with Crippen molar-refractivity contribution in [2.24, 2.45) is 11.8 Å². The second kappa shape index (κ2) is 6.27. The van der Waals surface area contributed by atoms with E-state index in [1.165, 1.54) is 12.8 Å². The van der Waals surface area contributed by atoms with Gasteiger partial charge in [-0.15, -0.1) is 0 Å². The van der Waals surface area contributed by atoms with Crippen molar-refractivity contribution >= 4 is 6.09 Å². The van der Waals surface area contributed by atoms with Crippen molar-refractivity contribution in [1.29, 1.82) is 0 Å². The van der Waals surface area contributed by atoms with Crippen molar-refractivity contribution in [3.63, 3.8) is 0 Å². The third kappa shape index (κ3) is 3.97. The van der Waals surface area contributed by atoms with E-state index < -0.39 is 5.60 Å². The summed E-state index contributed by atoms with van der Waals surface area (Å²) in [5.41, 5.74) is -0.457. The molecule has 1 aromatic heterocycles. The van der Waals surface area contributed by atoms with Crippen LogP contribution in [0.15, 0.2) is 4.52 Å². The average Bonchev–Trinajstić information content (AvgIpc) is 2.95. The molecule has 25 heavy (non-hydrogen) atoms. The van der Waals surface area contributed by atoms with Crippen molar-refractivity contribution in [2.75, 3.05) is 13.1 Å². The molecule has 3 fully saturated rings. The number of alkyl carbamates (subject to hydrolysis) is 1. The molecule has 2 heterocycles. The Morgan fingerprint density at radius 2 is 2.08 bits per heavy atom. The van der Waals surface area contributed by atoms with Crippen molar-refractivity contribution in [3.8, 4) is 0 Å². The summed E-state index contributed by atoms with van der Waals surface area (Å²) in [6.07, 6.45) is 4.24. The fourth-order valence-corrected chi connectivity index (χ4v) is 4.15. The quantitative estimate of drug-likeness (QED) is 0.901. The number of hydrogen-bond donors (Lipinski definition) is 1. The summed E-state index contributed by atoms with van der Waals surface area (Å²) in [5.74, 6) is 3.22. The highest BCUT2D eigenvalue weighted by molar-refractivity contribution is 5.68. The lowest BCUT2D eigenvalue weighted by Gasteiger charge is -2.24. The highest BCUT2D eigenvalue weighted by Gasteiger charge is 2.43. The van der Waals surface area contributed by atoms with Crippen molar-refractivity contribution in [2.45, 2.75) is 70.6 Å². The summed E-state index contributed by atoms with van der Waals surface area (Å²) in [6, 6.07) is 0.206. The summed E-state index contributed by atoms with van der Waals surface area (Å²) in [4.78, 5) is 19.0. The second-order valence-corrected chi connectivity index (χ2v) is 8.77. The zero-order valence-corrected chi connectivity index (χ0v) is 15.3. The fourth-order valence-electron chi connectivity index (χ4n) is 4.15. The van der Waals surface area contributed by atoms with E-state index >= 15 is 0 Å². The first-order chi connectivity index (χ1) is 11.9. The van der Waals surface area contributed by atoms with Gasteiger partial charge in [-0.25, -0.2) is 4.79 Å². The standard InChI is InChI=1S/C18H28N4O3/c1-18(2,3)24-17(23)19-14-7-6-12-8-22(9-13(12)14)10-15-20-16(25-21-15)11-4-5-11/h11-14H,4-10H2,1-3H3,(H,19,23)/t12-,13+,14-/m1/s1. The number of aromatic nitrogens is 2. The molecular formula is C18H28N4O3. The minimum atomic E-state index is -0.457. The molecule has 0 aromatic carbocycles. The Morgan fingerprint density at radius 1 is 1.28 bits per heavy atom. The molecule has 0 bridgehead atoms. The fraction of sp³-hybridized carbons (Fsp3) is 0.833. The maximum Gasteiger partial charge on any atom is 0.407 e. The van der Waals surface area contributed by atoms with Crippen molar-refractivity contribution in [3.05, 3.63) is 11.7 Å². The summed E-state index contributed by atoms with van der Waals surface area (Å²) >= 11 is 0. The van der Waals surface area contributed by atoms with Crippen LogP contribution < -0.4 is 5.32 Å². The van der Waals surface area contributed by atoms with E-state index in [4.69, 9.17) is 9.26 Å². The highest BCUT2D eigenvalue weighted by atomic mass is 16.6. The Morgan fingerprint density at radius 3 is 2.80 bits per heavy atom. The van der Waals surface area contributed by atoms with Crippen LogP contribution in [0.3, 0.4) is 0 Å². The van der Waals surface area contributed by atoms with E-state index in [1.54, 1.807) is 0 Å². The second-order valence-electron chi connectivity index (χ2n) is 8.77. The van der Waals surface area contributed by atoms with E-state index in [1.807, 2.05) is 20.8 Å². The molecule has 1 aliphatic heterocycles. The van der Waals surface area contributed by atoms with Gasteiger partial charge in [0.15, 0.2) is 5.82 Å². The Bertz CT molecular complexity index is 635. The Labute approximate surface area is 148 Å². The summed E-state index contributed by atoms with van der Waals surface area (Å²) in [7, 11) is 0. The van der Waals surface area contributed by atoms with Gasteiger partial charge < -0.3 is 14.6 Å². The number of hydrogen-bond acceptors (Lipinski definition) is 6. The van der Waals surface area contributed by atoms with Gasteiger partial charge in [0.2, 0.25) is 5.89 Å². The first kappa shape index (κ1) is 16.8. The van der Waals surface area contributed by atoms with E-state index in [9.17, 15) is 4.79 Å². The molecule has 1 N–H and O–H groups in total. The molecule has 1 amide bonds. The van der Waals surface area contributed by atoms with Crippen LogP contribution in [0.5, 0.6) is 0 Å². The Kier molecular flexibility index (Phi) is 4.22. The largest absolute Gasteiger partial charge is 0.444 e. The lowest BCUT2D eigenvalue weighted by atomic mass is 9.98. The van der Waals surface area contributed by atoms with E-state index in [2.05, 4.69) is 20.4 Å². The zero-order chi connectivity index (χ0) is 17.6. The molecule has 1 aromatic rings. The van der Waals surface area contributed by atoms with Crippen LogP contribution >= 0.6 is 0 Å². The molecule has 2 saturated carbocycles. The van der Waals surface area contributed by atoms with Gasteiger partial charge in [-0.2, -0.15) is 4.98 Å². The summed E-state index contributed by atoms with van der Waals surface area (Å²) < 4.78 is 10.8. The molecular weight excluding hydrogens is 320 g/mol. The molecule has 0 spiro atoms. The SMILES string of the molecule is CC(C)(C)OC(=O)N[C@@H]1CC[C@@H]2CN(Cc3noc(C4CC4)n3)C[C@@H]21. The van der Waals surface area contributed by atoms with Crippen LogP contribution in [-0.2, 0) is 11.3 Å².